The first-order valence-corrected chi connectivity index (χ1v) is 6.49. The summed E-state index contributed by atoms with van der Waals surface area (Å²) in [6.07, 6.45) is 3.62. The van der Waals surface area contributed by atoms with Crippen molar-refractivity contribution >= 4 is 11.7 Å². The molecule has 1 fully saturated rings. The second-order valence-corrected chi connectivity index (χ2v) is 5.12. The fraction of sp³-hybridized carbons (Fsp3) is 0.429. The molecule has 1 atom stereocenters. The second-order valence-electron chi connectivity index (χ2n) is 5.12. The average molecular weight is 261 g/mol. The van der Waals surface area contributed by atoms with Gasteiger partial charge in [-0.3, -0.25) is 4.79 Å². The molecule has 0 heterocycles. The van der Waals surface area contributed by atoms with Crippen molar-refractivity contribution in [2.45, 2.75) is 32.2 Å². The van der Waals surface area contributed by atoms with Gasteiger partial charge in [-0.1, -0.05) is 30.1 Å². The van der Waals surface area contributed by atoms with Crippen LogP contribution in [0, 0.1) is 5.92 Å². The molecule has 0 aliphatic heterocycles. The largest absolute Gasteiger partial charge is 0.409 e. The highest BCUT2D eigenvalue weighted by molar-refractivity contribution is 5.99. The SMILES string of the molecule is CC(CC1CC1)NC(=O)c1ccc(C(N)=NO)cc1. The number of hydrogen-bond donors (Lipinski definition) is 3. The van der Waals surface area contributed by atoms with Crippen molar-refractivity contribution in [3.63, 3.8) is 0 Å². The van der Waals surface area contributed by atoms with Crippen LogP contribution in [-0.4, -0.2) is 23.0 Å². The van der Waals surface area contributed by atoms with E-state index in [2.05, 4.69) is 10.5 Å². The van der Waals surface area contributed by atoms with E-state index >= 15 is 0 Å². The van der Waals surface area contributed by atoms with E-state index in [0.29, 0.717) is 11.1 Å². The summed E-state index contributed by atoms with van der Waals surface area (Å²) in [7, 11) is 0. The minimum absolute atomic E-state index is 0.0362. The van der Waals surface area contributed by atoms with Crippen LogP contribution >= 0.6 is 0 Å². The molecular formula is C14H19N3O2. The molecule has 1 amide bonds. The summed E-state index contributed by atoms with van der Waals surface area (Å²) in [5, 5.41) is 14.5. The first-order valence-electron chi connectivity index (χ1n) is 6.49. The molecule has 1 aromatic rings. The van der Waals surface area contributed by atoms with Gasteiger partial charge in [-0.25, -0.2) is 0 Å². The van der Waals surface area contributed by atoms with Crippen molar-refractivity contribution in [2.24, 2.45) is 16.8 Å². The number of benzene rings is 1. The molecule has 2 rings (SSSR count). The molecule has 0 bridgehead atoms. The number of hydrogen-bond acceptors (Lipinski definition) is 3. The summed E-state index contributed by atoms with van der Waals surface area (Å²) in [6.45, 7) is 2.03. The van der Waals surface area contributed by atoms with Crippen LogP contribution in [0.15, 0.2) is 29.4 Å². The normalized spacial score (nSPS) is 17.0. The lowest BCUT2D eigenvalue weighted by Gasteiger charge is -2.13. The lowest BCUT2D eigenvalue weighted by atomic mass is 10.1. The summed E-state index contributed by atoms with van der Waals surface area (Å²) in [5.41, 5.74) is 6.63. The van der Waals surface area contributed by atoms with Gasteiger partial charge in [0.1, 0.15) is 0 Å². The molecule has 19 heavy (non-hydrogen) atoms. The van der Waals surface area contributed by atoms with Crippen molar-refractivity contribution in [1.82, 2.24) is 5.32 Å². The van der Waals surface area contributed by atoms with E-state index in [0.717, 1.165) is 12.3 Å². The Labute approximate surface area is 112 Å². The van der Waals surface area contributed by atoms with Crippen LogP contribution in [0.25, 0.3) is 0 Å². The number of oxime groups is 1. The van der Waals surface area contributed by atoms with Crippen molar-refractivity contribution < 1.29 is 10.0 Å². The average Bonchev–Trinajstić information content (AvgIpc) is 3.21. The third-order valence-corrected chi connectivity index (χ3v) is 3.31. The molecule has 5 heteroatoms. The first-order chi connectivity index (χ1) is 9.10. The van der Waals surface area contributed by atoms with Crippen LogP contribution < -0.4 is 11.1 Å². The zero-order valence-corrected chi connectivity index (χ0v) is 11.0. The Kier molecular flexibility index (Phi) is 4.04. The predicted octanol–water partition coefficient (Wildman–Crippen LogP) is 1.70. The number of nitrogens with zero attached hydrogens (tertiary/aromatic N) is 1. The molecule has 0 spiro atoms. The van der Waals surface area contributed by atoms with Crippen LogP contribution in [0.3, 0.4) is 0 Å². The lowest BCUT2D eigenvalue weighted by molar-refractivity contribution is 0.0937. The van der Waals surface area contributed by atoms with Gasteiger partial charge in [0.25, 0.3) is 5.91 Å². The van der Waals surface area contributed by atoms with E-state index in [9.17, 15) is 4.79 Å². The van der Waals surface area contributed by atoms with Gasteiger partial charge in [0.05, 0.1) is 0 Å². The molecule has 1 saturated carbocycles. The Hall–Kier alpha value is -2.04. The highest BCUT2D eigenvalue weighted by atomic mass is 16.4. The smallest absolute Gasteiger partial charge is 0.251 e. The van der Waals surface area contributed by atoms with Gasteiger partial charge in [0.2, 0.25) is 0 Å². The molecule has 0 radical (unpaired) electrons. The van der Waals surface area contributed by atoms with Crippen LogP contribution in [0.2, 0.25) is 0 Å². The molecule has 5 nitrogen and oxygen atoms in total. The van der Waals surface area contributed by atoms with Crippen molar-refractivity contribution in [1.29, 1.82) is 0 Å². The molecule has 1 aliphatic carbocycles. The minimum atomic E-state index is -0.0841. The first kappa shape index (κ1) is 13.4. The standard InChI is InChI=1S/C14H19N3O2/c1-9(8-10-2-3-10)16-14(18)12-6-4-11(5-7-12)13(15)17-19/h4-7,9-10,19H,2-3,8H2,1H3,(H2,15,17)(H,16,18). The Morgan fingerprint density at radius 1 is 1.42 bits per heavy atom. The number of carbonyl (C=O) groups is 1. The van der Waals surface area contributed by atoms with Gasteiger partial charge < -0.3 is 16.3 Å². The van der Waals surface area contributed by atoms with E-state index in [1.165, 1.54) is 12.8 Å². The molecule has 4 N–H and O–H groups in total. The second kappa shape index (κ2) is 5.73. The van der Waals surface area contributed by atoms with Crippen molar-refractivity contribution in [3.05, 3.63) is 35.4 Å². The van der Waals surface area contributed by atoms with Crippen LogP contribution in [-0.2, 0) is 0 Å². The van der Waals surface area contributed by atoms with Gasteiger partial charge in [0.15, 0.2) is 5.84 Å². The number of nitrogens with two attached hydrogens (primary N) is 1. The van der Waals surface area contributed by atoms with Gasteiger partial charge in [-0.2, -0.15) is 0 Å². The molecule has 0 saturated heterocycles. The number of carbonyl (C=O) groups excluding carboxylic acids is 1. The monoisotopic (exact) mass is 261 g/mol. The summed E-state index contributed by atoms with van der Waals surface area (Å²) < 4.78 is 0. The van der Waals surface area contributed by atoms with E-state index < -0.39 is 0 Å². The maximum atomic E-state index is 12.0. The fourth-order valence-electron chi connectivity index (χ4n) is 2.07. The summed E-state index contributed by atoms with van der Waals surface area (Å²) in [4.78, 5) is 12.0. The molecule has 1 aromatic carbocycles. The Morgan fingerprint density at radius 2 is 2.00 bits per heavy atom. The summed E-state index contributed by atoms with van der Waals surface area (Å²) in [6, 6.07) is 6.87. The van der Waals surface area contributed by atoms with E-state index in [-0.39, 0.29) is 17.8 Å². The predicted molar refractivity (Wildman–Crippen MR) is 73.2 cm³/mol. The quantitative estimate of drug-likeness (QED) is 0.326. The zero-order chi connectivity index (χ0) is 13.8. The molecule has 102 valence electrons. The Morgan fingerprint density at radius 3 is 2.53 bits per heavy atom. The van der Waals surface area contributed by atoms with Crippen LogP contribution in [0.1, 0.15) is 42.1 Å². The Bertz CT molecular complexity index is 478. The Balaban J connectivity index is 1.94. The van der Waals surface area contributed by atoms with Gasteiger partial charge in [-0.05, 0) is 31.4 Å². The third kappa shape index (κ3) is 3.71. The van der Waals surface area contributed by atoms with Gasteiger partial charge >= 0.3 is 0 Å². The molecular weight excluding hydrogens is 242 g/mol. The zero-order valence-electron chi connectivity index (χ0n) is 11.0. The van der Waals surface area contributed by atoms with E-state index in [1.54, 1.807) is 24.3 Å². The number of amides is 1. The lowest BCUT2D eigenvalue weighted by Crippen LogP contribution is -2.32. The van der Waals surface area contributed by atoms with Gasteiger partial charge in [-0.15, -0.1) is 0 Å². The molecule has 1 unspecified atom stereocenters. The molecule has 1 aliphatic rings. The van der Waals surface area contributed by atoms with E-state index in [1.807, 2.05) is 6.92 Å². The summed E-state index contributed by atoms with van der Waals surface area (Å²) in [5.74, 6) is 0.742. The van der Waals surface area contributed by atoms with E-state index in [4.69, 9.17) is 10.9 Å². The maximum Gasteiger partial charge on any atom is 0.251 e. The topological polar surface area (TPSA) is 87.7 Å². The minimum Gasteiger partial charge on any atom is -0.409 e. The highest BCUT2D eigenvalue weighted by Crippen LogP contribution is 2.33. The van der Waals surface area contributed by atoms with Crippen LogP contribution in [0.4, 0.5) is 0 Å². The maximum absolute atomic E-state index is 12.0. The molecule has 0 aromatic heterocycles. The van der Waals surface area contributed by atoms with Gasteiger partial charge in [0, 0.05) is 17.2 Å². The number of nitrogens with one attached hydrogen (secondary N) is 1. The van der Waals surface area contributed by atoms with Crippen LogP contribution in [0.5, 0.6) is 0 Å². The fourth-order valence-corrected chi connectivity index (χ4v) is 2.07. The third-order valence-electron chi connectivity index (χ3n) is 3.31. The number of amidine groups is 1. The van der Waals surface area contributed by atoms with Crippen molar-refractivity contribution in [3.8, 4) is 0 Å². The highest BCUT2D eigenvalue weighted by Gasteiger charge is 2.24. The van der Waals surface area contributed by atoms with Crippen molar-refractivity contribution in [2.75, 3.05) is 0 Å². The number of rotatable bonds is 5. The summed E-state index contributed by atoms with van der Waals surface area (Å²) >= 11 is 0.